The summed E-state index contributed by atoms with van der Waals surface area (Å²) in [5.74, 6) is -1.19. The molecule has 0 unspecified atom stereocenters. The summed E-state index contributed by atoms with van der Waals surface area (Å²) in [6.45, 7) is 6.85. The average Bonchev–Trinajstić information content (AvgIpc) is 3.26. The second-order valence-corrected chi connectivity index (χ2v) is 9.71. The zero-order chi connectivity index (χ0) is 22.9. The van der Waals surface area contributed by atoms with Crippen LogP contribution in [0.2, 0.25) is 0 Å². The molecule has 4 rings (SSSR count). The lowest BCUT2D eigenvalue weighted by molar-refractivity contribution is 0.0897. The zero-order valence-corrected chi connectivity index (χ0v) is 18.7. The summed E-state index contributed by atoms with van der Waals surface area (Å²) in [5.41, 5.74) is 2.90. The molecule has 1 aliphatic carbocycles. The minimum atomic E-state index is -0.878. The van der Waals surface area contributed by atoms with Crippen LogP contribution in [0, 0.1) is 23.0 Å². The van der Waals surface area contributed by atoms with Gasteiger partial charge in [-0.25, -0.2) is 13.8 Å². The van der Waals surface area contributed by atoms with Crippen molar-refractivity contribution in [2.24, 2.45) is 11.3 Å². The molecule has 1 heterocycles. The van der Waals surface area contributed by atoms with E-state index in [2.05, 4.69) is 31.1 Å². The first-order chi connectivity index (χ1) is 15.2. The Morgan fingerprint density at radius 1 is 0.969 bits per heavy atom. The molecule has 0 aliphatic heterocycles. The predicted molar refractivity (Wildman–Crippen MR) is 122 cm³/mol. The number of halogens is 2. The van der Waals surface area contributed by atoms with Crippen molar-refractivity contribution in [3.8, 4) is 16.8 Å². The fraction of sp³-hybridized carbons (Fsp3) is 0.385. The standard InChI is InChI=1S/C26H29F2N3O/c1-26(2,3)19-7-9-20(10-8-19)30-25(32)24-15-29-16-31(24)21-11-4-17(5-12-21)18-6-13-22(27)23(28)14-18/h4-6,11-16,19-20H,7-10H2,1-3H3,(H,30,32). The largest absolute Gasteiger partial charge is 0.348 e. The number of hydrogen-bond acceptors (Lipinski definition) is 2. The third-order valence-electron chi connectivity index (χ3n) is 6.56. The number of aromatic nitrogens is 2. The normalized spacial score (nSPS) is 19.0. The maximum atomic E-state index is 13.5. The quantitative estimate of drug-likeness (QED) is 0.532. The van der Waals surface area contributed by atoms with Gasteiger partial charge in [0.2, 0.25) is 0 Å². The Morgan fingerprint density at radius 3 is 2.25 bits per heavy atom. The van der Waals surface area contributed by atoms with Gasteiger partial charge in [0.25, 0.3) is 5.91 Å². The molecule has 1 N–H and O–H groups in total. The fourth-order valence-electron chi connectivity index (χ4n) is 4.52. The Bertz CT molecular complexity index is 1090. The Hall–Kier alpha value is -3.02. The molecule has 0 bridgehead atoms. The zero-order valence-electron chi connectivity index (χ0n) is 18.7. The number of carbonyl (C=O) groups excluding carboxylic acids is 1. The molecular formula is C26H29F2N3O. The Labute approximate surface area is 187 Å². The van der Waals surface area contributed by atoms with Crippen LogP contribution < -0.4 is 5.32 Å². The maximum absolute atomic E-state index is 13.5. The molecule has 0 atom stereocenters. The monoisotopic (exact) mass is 437 g/mol. The van der Waals surface area contributed by atoms with Crippen molar-refractivity contribution >= 4 is 5.91 Å². The molecule has 2 aromatic carbocycles. The molecule has 3 aromatic rings. The second kappa shape index (κ2) is 8.85. The van der Waals surface area contributed by atoms with Crippen LogP contribution in [0.1, 0.15) is 56.9 Å². The second-order valence-electron chi connectivity index (χ2n) is 9.71. The molecule has 6 heteroatoms. The number of amides is 1. The number of benzene rings is 2. The molecule has 1 fully saturated rings. The number of imidazole rings is 1. The lowest BCUT2D eigenvalue weighted by atomic mass is 9.71. The van der Waals surface area contributed by atoms with Crippen molar-refractivity contribution in [1.29, 1.82) is 0 Å². The van der Waals surface area contributed by atoms with Gasteiger partial charge in [0.15, 0.2) is 11.6 Å². The number of nitrogens with zero attached hydrogens (tertiary/aromatic N) is 2. The molecule has 0 saturated heterocycles. The number of rotatable bonds is 4. The van der Waals surface area contributed by atoms with Gasteiger partial charge in [0, 0.05) is 11.7 Å². The summed E-state index contributed by atoms with van der Waals surface area (Å²) in [6.07, 6.45) is 7.41. The van der Waals surface area contributed by atoms with E-state index >= 15 is 0 Å². The van der Waals surface area contributed by atoms with Crippen molar-refractivity contribution in [3.05, 3.63) is 72.3 Å². The highest BCUT2D eigenvalue weighted by Crippen LogP contribution is 2.37. The van der Waals surface area contributed by atoms with Crippen molar-refractivity contribution in [2.45, 2.75) is 52.5 Å². The van der Waals surface area contributed by atoms with Crippen LogP contribution in [0.5, 0.6) is 0 Å². The highest BCUT2D eigenvalue weighted by molar-refractivity contribution is 5.93. The van der Waals surface area contributed by atoms with E-state index < -0.39 is 11.6 Å². The van der Waals surface area contributed by atoms with E-state index in [1.165, 1.54) is 12.1 Å². The van der Waals surface area contributed by atoms with Gasteiger partial charge in [0.1, 0.15) is 5.69 Å². The summed E-state index contributed by atoms with van der Waals surface area (Å²) < 4.78 is 28.5. The van der Waals surface area contributed by atoms with Crippen LogP contribution in [-0.2, 0) is 0 Å². The molecule has 4 nitrogen and oxygen atoms in total. The third kappa shape index (κ3) is 4.74. The van der Waals surface area contributed by atoms with E-state index in [9.17, 15) is 13.6 Å². The lowest BCUT2D eigenvalue weighted by Crippen LogP contribution is -2.40. The molecule has 32 heavy (non-hydrogen) atoms. The first-order valence-electron chi connectivity index (χ1n) is 11.1. The van der Waals surface area contributed by atoms with Gasteiger partial charge in [-0.2, -0.15) is 0 Å². The molecule has 0 radical (unpaired) electrons. The van der Waals surface area contributed by atoms with Gasteiger partial charge < -0.3 is 5.32 Å². The van der Waals surface area contributed by atoms with Crippen molar-refractivity contribution < 1.29 is 13.6 Å². The van der Waals surface area contributed by atoms with E-state index in [-0.39, 0.29) is 11.9 Å². The van der Waals surface area contributed by atoms with Crippen molar-refractivity contribution in [3.63, 3.8) is 0 Å². The summed E-state index contributed by atoms with van der Waals surface area (Å²) >= 11 is 0. The van der Waals surface area contributed by atoms with Crippen molar-refractivity contribution in [1.82, 2.24) is 14.9 Å². The van der Waals surface area contributed by atoms with Gasteiger partial charge in [-0.15, -0.1) is 0 Å². The fourth-order valence-corrected chi connectivity index (χ4v) is 4.52. The molecule has 1 aliphatic rings. The average molecular weight is 438 g/mol. The summed E-state index contributed by atoms with van der Waals surface area (Å²) in [7, 11) is 0. The van der Waals surface area contributed by atoms with Gasteiger partial charge in [-0.1, -0.05) is 39.0 Å². The van der Waals surface area contributed by atoms with Gasteiger partial charge in [-0.3, -0.25) is 9.36 Å². The SMILES string of the molecule is CC(C)(C)C1CCC(NC(=O)c2cncn2-c2ccc(-c3ccc(F)c(F)c3)cc2)CC1. The first-order valence-corrected chi connectivity index (χ1v) is 11.1. The predicted octanol–water partition coefficient (Wildman–Crippen LogP) is 6.15. The van der Waals surface area contributed by atoms with Gasteiger partial charge in [0.05, 0.1) is 12.5 Å². The highest BCUT2D eigenvalue weighted by atomic mass is 19.2. The van der Waals surface area contributed by atoms with Crippen LogP contribution in [0.25, 0.3) is 16.8 Å². The molecular weight excluding hydrogens is 408 g/mol. The summed E-state index contributed by atoms with van der Waals surface area (Å²) in [5, 5.41) is 3.18. The molecule has 1 amide bonds. The van der Waals surface area contributed by atoms with E-state index in [0.29, 0.717) is 22.6 Å². The first kappa shape index (κ1) is 22.2. The van der Waals surface area contributed by atoms with Gasteiger partial charge >= 0.3 is 0 Å². The lowest BCUT2D eigenvalue weighted by Gasteiger charge is -2.37. The van der Waals surface area contributed by atoms with Gasteiger partial charge in [-0.05, 0) is 72.4 Å². The van der Waals surface area contributed by atoms with Crippen LogP contribution in [0.3, 0.4) is 0 Å². The smallest absolute Gasteiger partial charge is 0.270 e. The third-order valence-corrected chi connectivity index (χ3v) is 6.56. The Kier molecular flexibility index (Phi) is 6.13. The molecule has 168 valence electrons. The van der Waals surface area contributed by atoms with E-state index in [4.69, 9.17) is 0 Å². The van der Waals surface area contributed by atoms with Crippen LogP contribution >= 0.6 is 0 Å². The maximum Gasteiger partial charge on any atom is 0.270 e. The van der Waals surface area contributed by atoms with E-state index in [1.54, 1.807) is 17.1 Å². The van der Waals surface area contributed by atoms with Crippen LogP contribution in [-0.4, -0.2) is 21.5 Å². The highest BCUT2D eigenvalue weighted by Gasteiger charge is 2.30. The minimum Gasteiger partial charge on any atom is -0.348 e. The molecule has 1 saturated carbocycles. The number of carbonyl (C=O) groups is 1. The van der Waals surface area contributed by atoms with Crippen molar-refractivity contribution in [2.75, 3.05) is 0 Å². The summed E-state index contributed by atoms with van der Waals surface area (Å²) in [6, 6.07) is 11.3. The summed E-state index contributed by atoms with van der Waals surface area (Å²) in [4.78, 5) is 17.1. The van der Waals surface area contributed by atoms with E-state index in [1.807, 2.05) is 24.3 Å². The molecule has 0 spiro atoms. The Morgan fingerprint density at radius 2 is 1.62 bits per heavy atom. The van der Waals surface area contributed by atoms with E-state index in [0.717, 1.165) is 43.0 Å². The molecule has 1 aromatic heterocycles. The van der Waals surface area contributed by atoms with Crippen LogP contribution in [0.15, 0.2) is 55.0 Å². The number of hydrogen-bond donors (Lipinski definition) is 1. The van der Waals surface area contributed by atoms with Crippen LogP contribution in [0.4, 0.5) is 8.78 Å². The Balaban J connectivity index is 1.45. The minimum absolute atomic E-state index is 0.133. The topological polar surface area (TPSA) is 46.9 Å². The number of nitrogens with one attached hydrogen (secondary N) is 1.